The average molecular weight is 403 g/mol. The number of nitrogens with zero attached hydrogens (tertiary/aromatic N) is 1. The highest BCUT2D eigenvalue weighted by atomic mass is 16.5. The smallest absolute Gasteiger partial charge is 0.454 e. The topological polar surface area (TPSA) is 101 Å². The predicted molar refractivity (Wildman–Crippen MR) is 112 cm³/mol. The van der Waals surface area contributed by atoms with Crippen molar-refractivity contribution in [3.63, 3.8) is 0 Å². The number of aliphatic hydroxyl groups is 2. The quantitative estimate of drug-likeness (QED) is 0.468. The molecule has 1 aromatic carbocycles. The number of methoxy groups -OCH3 is 1. The van der Waals surface area contributed by atoms with Gasteiger partial charge in [0.25, 0.3) is 0 Å². The summed E-state index contributed by atoms with van der Waals surface area (Å²) in [4.78, 5) is 4.30. The number of hydrogen-bond donors (Lipinski definition) is 3. The fourth-order valence-electron chi connectivity index (χ4n) is 2.90. The van der Waals surface area contributed by atoms with E-state index in [0.29, 0.717) is 18.1 Å². The lowest BCUT2D eigenvalue weighted by Gasteiger charge is -2.18. The van der Waals surface area contributed by atoms with E-state index < -0.39 is 13.2 Å². The van der Waals surface area contributed by atoms with Crippen LogP contribution in [0.5, 0.6) is 11.5 Å². The molecule has 0 aliphatic rings. The number of ether oxygens (including phenoxy) is 2. The van der Waals surface area contributed by atoms with Gasteiger partial charge in [0.15, 0.2) is 11.5 Å². The largest absolute Gasteiger partial charge is 0.493 e. The summed E-state index contributed by atoms with van der Waals surface area (Å²) in [5.74, 6) is 0.983. The molecular weight excluding hydrogens is 373 g/mol. The van der Waals surface area contributed by atoms with E-state index in [0.717, 1.165) is 23.1 Å². The molecule has 0 unspecified atom stereocenters. The summed E-state index contributed by atoms with van der Waals surface area (Å²) in [5, 5.41) is 29.1. The van der Waals surface area contributed by atoms with Gasteiger partial charge in [-0.1, -0.05) is 13.0 Å². The van der Waals surface area contributed by atoms with Crippen LogP contribution in [0, 0.1) is 0 Å². The van der Waals surface area contributed by atoms with E-state index in [4.69, 9.17) is 14.1 Å². The SMILES string of the molecule is CCCOc1cc(-c2cncc([C@@H](CO)CB(O)OC[C@@H](C)O)c2)ccc1OC. The van der Waals surface area contributed by atoms with Gasteiger partial charge in [-0.15, -0.1) is 0 Å². The highest BCUT2D eigenvalue weighted by Crippen LogP contribution is 2.33. The summed E-state index contributed by atoms with van der Waals surface area (Å²) in [7, 11) is 0.521. The first kappa shape index (κ1) is 23.2. The highest BCUT2D eigenvalue weighted by molar-refractivity contribution is 6.43. The highest BCUT2D eigenvalue weighted by Gasteiger charge is 2.22. The van der Waals surface area contributed by atoms with E-state index in [1.807, 2.05) is 31.2 Å². The molecule has 158 valence electrons. The van der Waals surface area contributed by atoms with E-state index in [1.165, 1.54) is 0 Å². The van der Waals surface area contributed by atoms with E-state index in [1.54, 1.807) is 26.4 Å². The number of aliphatic hydroxyl groups excluding tert-OH is 2. The van der Waals surface area contributed by atoms with Crippen LogP contribution in [0.25, 0.3) is 11.1 Å². The summed E-state index contributed by atoms with van der Waals surface area (Å²) in [6, 6.07) is 7.61. The number of rotatable bonds is 12. The second kappa shape index (κ2) is 11.8. The van der Waals surface area contributed by atoms with Crippen LogP contribution >= 0.6 is 0 Å². The molecule has 0 bridgehead atoms. The van der Waals surface area contributed by atoms with Crippen LogP contribution < -0.4 is 9.47 Å². The third kappa shape index (κ3) is 7.01. The Balaban J connectivity index is 2.21. The third-order valence-corrected chi connectivity index (χ3v) is 4.43. The van der Waals surface area contributed by atoms with Crippen LogP contribution in [0.4, 0.5) is 0 Å². The number of hydrogen-bond acceptors (Lipinski definition) is 7. The van der Waals surface area contributed by atoms with Gasteiger partial charge < -0.3 is 29.4 Å². The van der Waals surface area contributed by atoms with Crippen LogP contribution in [0.3, 0.4) is 0 Å². The Morgan fingerprint density at radius 3 is 2.59 bits per heavy atom. The van der Waals surface area contributed by atoms with E-state index in [9.17, 15) is 15.2 Å². The summed E-state index contributed by atoms with van der Waals surface area (Å²) in [6.07, 6.45) is 3.83. The molecule has 0 amide bonds. The molecule has 0 saturated heterocycles. The van der Waals surface area contributed by atoms with Crippen molar-refractivity contribution in [3.8, 4) is 22.6 Å². The van der Waals surface area contributed by atoms with Gasteiger partial charge in [-0.05, 0) is 49.0 Å². The summed E-state index contributed by atoms with van der Waals surface area (Å²) < 4.78 is 16.3. The van der Waals surface area contributed by atoms with Crippen molar-refractivity contribution in [3.05, 3.63) is 42.2 Å². The molecule has 1 aromatic heterocycles. The molecule has 8 heteroatoms. The predicted octanol–water partition coefficient (Wildman–Crippen LogP) is 2.50. The molecule has 2 aromatic rings. The zero-order chi connectivity index (χ0) is 21.2. The fourth-order valence-corrected chi connectivity index (χ4v) is 2.90. The molecule has 2 rings (SSSR count). The summed E-state index contributed by atoms with van der Waals surface area (Å²) >= 11 is 0. The Labute approximate surface area is 172 Å². The van der Waals surface area contributed by atoms with Crippen LogP contribution in [0.1, 0.15) is 31.7 Å². The van der Waals surface area contributed by atoms with Gasteiger partial charge in [0.2, 0.25) is 0 Å². The molecule has 0 aliphatic carbocycles. The van der Waals surface area contributed by atoms with Crippen molar-refractivity contribution < 1.29 is 29.4 Å². The maximum Gasteiger partial charge on any atom is 0.454 e. The second-order valence-corrected chi connectivity index (χ2v) is 6.97. The van der Waals surface area contributed by atoms with E-state index >= 15 is 0 Å². The lowest BCUT2D eigenvalue weighted by molar-refractivity contribution is 0.108. The van der Waals surface area contributed by atoms with Crippen molar-refractivity contribution >= 4 is 7.12 Å². The summed E-state index contributed by atoms with van der Waals surface area (Å²) in [6.45, 7) is 4.09. The van der Waals surface area contributed by atoms with Crippen molar-refractivity contribution in [1.82, 2.24) is 4.98 Å². The molecule has 7 nitrogen and oxygen atoms in total. The first-order valence-corrected chi connectivity index (χ1v) is 9.83. The first-order valence-electron chi connectivity index (χ1n) is 9.83. The van der Waals surface area contributed by atoms with Crippen molar-refractivity contribution in [2.75, 3.05) is 26.9 Å². The van der Waals surface area contributed by atoms with Crippen molar-refractivity contribution in [1.29, 1.82) is 0 Å². The van der Waals surface area contributed by atoms with Crippen LogP contribution in [-0.4, -0.2) is 60.4 Å². The Hall–Kier alpha value is -2.13. The van der Waals surface area contributed by atoms with E-state index in [2.05, 4.69) is 4.98 Å². The minimum atomic E-state index is -1.08. The number of benzene rings is 1. The Kier molecular flexibility index (Phi) is 9.40. The standard InChI is InChI=1S/C21H30BNO6/c1-4-7-28-21-9-16(5-6-20(21)27-3)17-8-18(12-23-11-17)19(13-24)10-22(26)29-14-15(2)25/h5-6,8-9,11-12,15,19,24-26H,4,7,10,13-14H2,1-3H3/t15-,19-/m1/s1. The molecule has 1 heterocycles. The lowest BCUT2D eigenvalue weighted by atomic mass is 9.75. The van der Waals surface area contributed by atoms with Gasteiger partial charge >= 0.3 is 7.12 Å². The lowest BCUT2D eigenvalue weighted by Crippen LogP contribution is -2.26. The summed E-state index contributed by atoms with van der Waals surface area (Å²) in [5.41, 5.74) is 2.56. The van der Waals surface area contributed by atoms with Gasteiger partial charge in [-0.2, -0.15) is 0 Å². The first-order chi connectivity index (χ1) is 14.0. The minimum absolute atomic E-state index is 0.0317. The molecule has 0 radical (unpaired) electrons. The molecule has 3 N–H and O–H groups in total. The molecule has 2 atom stereocenters. The fraction of sp³-hybridized carbons (Fsp3) is 0.476. The van der Waals surface area contributed by atoms with Crippen LogP contribution in [0.2, 0.25) is 6.32 Å². The monoisotopic (exact) mass is 403 g/mol. The average Bonchev–Trinajstić information content (AvgIpc) is 2.74. The maximum atomic E-state index is 10.0. The maximum absolute atomic E-state index is 10.0. The minimum Gasteiger partial charge on any atom is -0.493 e. The van der Waals surface area contributed by atoms with E-state index in [-0.39, 0.29) is 25.5 Å². The van der Waals surface area contributed by atoms with Gasteiger partial charge in [0.05, 0.1) is 26.4 Å². The zero-order valence-corrected chi connectivity index (χ0v) is 17.2. The molecule has 0 fully saturated rings. The van der Waals surface area contributed by atoms with Crippen LogP contribution in [0.15, 0.2) is 36.7 Å². The second-order valence-electron chi connectivity index (χ2n) is 6.97. The molecule has 0 saturated carbocycles. The normalized spacial score (nSPS) is 13.0. The number of aromatic nitrogens is 1. The molecule has 29 heavy (non-hydrogen) atoms. The van der Waals surface area contributed by atoms with Gasteiger partial charge in [-0.3, -0.25) is 4.98 Å². The molecule has 0 spiro atoms. The molecule has 0 aliphatic heterocycles. The third-order valence-electron chi connectivity index (χ3n) is 4.43. The van der Waals surface area contributed by atoms with Crippen molar-refractivity contribution in [2.45, 2.75) is 38.6 Å². The zero-order valence-electron chi connectivity index (χ0n) is 17.2. The Morgan fingerprint density at radius 1 is 1.14 bits per heavy atom. The Morgan fingerprint density at radius 2 is 1.93 bits per heavy atom. The van der Waals surface area contributed by atoms with Crippen LogP contribution in [-0.2, 0) is 4.65 Å². The van der Waals surface area contributed by atoms with Gasteiger partial charge in [-0.25, -0.2) is 0 Å². The van der Waals surface area contributed by atoms with Gasteiger partial charge in [0.1, 0.15) is 0 Å². The molecular formula is C21H30BNO6. The number of pyridine rings is 1. The Bertz CT molecular complexity index is 758. The van der Waals surface area contributed by atoms with Gasteiger partial charge in [0, 0.05) is 30.5 Å². The van der Waals surface area contributed by atoms with Crippen molar-refractivity contribution in [2.24, 2.45) is 0 Å².